The molecule has 0 aliphatic rings. The number of benzene rings is 1. The maximum absolute atomic E-state index is 12.3. The monoisotopic (exact) mass is 323 g/mol. The lowest BCUT2D eigenvalue weighted by molar-refractivity contribution is -0.153. The Balaban J connectivity index is 0.00000361. The van der Waals surface area contributed by atoms with E-state index in [0.717, 1.165) is 12.1 Å². The Hall–Kier alpha value is -0.990. The van der Waals surface area contributed by atoms with E-state index in [0.29, 0.717) is 12.1 Å². The second kappa shape index (κ2) is 6.64. The Morgan fingerprint density at radius 2 is 1.45 bits per heavy atom. The molecule has 0 fully saturated rings. The lowest BCUT2D eigenvalue weighted by atomic mass is 10.0. The zero-order chi connectivity index (χ0) is 14.8. The minimum Gasteiger partial charge on any atom is -0.388 e. The van der Waals surface area contributed by atoms with Crippen LogP contribution in [-0.2, 0) is 6.18 Å². The number of halogens is 7. The predicted molar refractivity (Wildman–Crippen MR) is 62.3 cm³/mol. The van der Waals surface area contributed by atoms with Gasteiger partial charge in [0.15, 0.2) is 0 Å². The normalized spacial score (nSPS) is 15.4. The first kappa shape index (κ1) is 19.0. The summed E-state index contributed by atoms with van der Waals surface area (Å²) in [5.41, 5.74) is 3.83. The predicted octanol–water partition coefficient (Wildman–Crippen LogP) is 3.44. The number of aliphatic hydroxyl groups excluding tert-OH is 1. The van der Waals surface area contributed by atoms with Crippen LogP contribution in [0, 0.1) is 0 Å². The molecule has 0 aliphatic heterocycles. The summed E-state index contributed by atoms with van der Waals surface area (Å²) in [5.74, 6) is 0. The maximum Gasteiger partial charge on any atom is 0.416 e. The zero-order valence-corrected chi connectivity index (χ0v) is 10.7. The second-order valence-electron chi connectivity index (χ2n) is 4.02. The largest absolute Gasteiger partial charge is 0.416 e. The smallest absolute Gasteiger partial charge is 0.388 e. The summed E-state index contributed by atoms with van der Waals surface area (Å²) < 4.78 is 73.2. The molecule has 1 aromatic carbocycles. The number of alkyl halides is 6. The minimum atomic E-state index is -4.66. The molecule has 0 aromatic heterocycles. The average Bonchev–Trinajstić information content (AvgIpc) is 2.26. The third kappa shape index (κ3) is 5.18. The summed E-state index contributed by atoms with van der Waals surface area (Å²) in [6, 6.07) is 1.01. The first-order valence-electron chi connectivity index (χ1n) is 5.19. The van der Waals surface area contributed by atoms with Crippen LogP contribution in [0.15, 0.2) is 24.3 Å². The van der Waals surface area contributed by atoms with Crippen molar-refractivity contribution in [1.82, 2.24) is 0 Å². The van der Waals surface area contributed by atoms with Gasteiger partial charge >= 0.3 is 12.4 Å². The Labute approximate surface area is 117 Å². The van der Waals surface area contributed by atoms with Crippen molar-refractivity contribution < 1.29 is 31.4 Å². The van der Waals surface area contributed by atoms with Crippen LogP contribution in [0.4, 0.5) is 26.3 Å². The van der Waals surface area contributed by atoms with Gasteiger partial charge in [0.1, 0.15) is 6.04 Å². The Bertz CT molecular complexity index is 416. The molecule has 0 heterocycles. The number of rotatable bonds is 3. The molecule has 0 saturated heterocycles. The fourth-order valence-electron chi connectivity index (χ4n) is 1.40. The van der Waals surface area contributed by atoms with E-state index < -0.39 is 36.5 Å². The van der Waals surface area contributed by atoms with Gasteiger partial charge in [0.2, 0.25) is 0 Å². The minimum absolute atomic E-state index is 0. The van der Waals surface area contributed by atoms with Gasteiger partial charge < -0.3 is 10.8 Å². The third-order valence-electron chi connectivity index (χ3n) is 2.52. The first-order chi connectivity index (χ1) is 8.51. The highest BCUT2D eigenvalue weighted by Crippen LogP contribution is 2.31. The summed E-state index contributed by atoms with van der Waals surface area (Å²) in [6.45, 7) is 0. The summed E-state index contributed by atoms with van der Waals surface area (Å²) >= 11 is 0. The lowest BCUT2D eigenvalue weighted by Gasteiger charge is -2.19. The van der Waals surface area contributed by atoms with Gasteiger partial charge in [0, 0.05) is 6.42 Å². The molecular weight excluding hydrogens is 312 g/mol. The highest BCUT2D eigenvalue weighted by Gasteiger charge is 2.38. The van der Waals surface area contributed by atoms with Gasteiger partial charge in [-0.25, -0.2) is 0 Å². The molecule has 0 unspecified atom stereocenters. The van der Waals surface area contributed by atoms with Crippen LogP contribution in [0.5, 0.6) is 0 Å². The van der Waals surface area contributed by atoms with Crippen molar-refractivity contribution in [3.8, 4) is 0 Å². The molecule has 9 heteroatoms. The standard InChI is InChI=1S/C11H11F6NO.ClH/c12-10(13,14)7-3-1-6(2-4-7)8(19)5-9(18)11(15,16)17;/h1-4,8-9,19H,5,18H2;1H/t8-,9-;/m0./s1. The van der Waals surface area contributed by atoms with Gasteiger partial charge in [-0.2, -0.15) is 26.3 Å². The van der Waals surface area contributed by atoms with Crippen molar-refractivity contribution in [2.75, 3.05) is 0 Å². The van der Waals surface area contributed by atoms with E-state index in [2.05, 4.69) is 0 Å². The van der Waals surface area contributed by atoms with Crippen molar-refractivity contribution in [2.45, 2.75) is 30.9 Å². The molecule has 0 amide bonds. The fourth-order valence-corrected chi connectivity index (χ4v) is 1.40. The second-order valence-corrected chi connectivity index (χ2v) is 4.02. The van der Waals surface area contributed by atoms with Gasteiger partial charge in [0.25, 0.3) is 0 Å². The van der Waals surface area contributed by atoms with E-state index in [4.69, 9.17) is 5.73 Å². The van der Waals surface area contributed by atoms with E-state index in [1.54, 1.807) is 0 Å². The van der Waals surface area contributed by atoms with Crippen molar-refractivity contribution in [2.24, 2.45) is 5.73 Å². The summed E-state index contributed by atoms with van der Waals surface area (Å²) in [5, 5.41) is 9.49. The molecule has 20 heavy (non-hydrogen) atoms. The quantitative estimate of drug-likeness (QED) is 0.837. The van der Waals surface area contributed by atoms with Gasteiger partial charge in [-0.15, -0.1) is 12.4 Å². The van der Waals surface area contributed by atoms with Crippen LogP contribution < -0.4 is 5.73 Å². The number of nitrogens with two attached hydrogens (primary N) is 1. The van der Waals surface area contributed by atoms with Crippen molar-refractivity contribution in [1.29, 1.82) is 0 Å². The Morgan fingerprint density at radius 3 is 1.80 bits per heavy atom. The Kier molecular flexibility index (Phi) is 6.31. The molecule has 0 saturated carbocycles. The molecule has 1 rings (SSSR count). The van der Waals surface area contributed by atoms with E-state index in [-0.39, 0.29) is 18.0 Å². The molecule has 2 atom stereocenters. The summed E-state index contributed by atoms with van der Waals surface area (Å²) in [7, 11) is 0. The topological polar surface area (TPSA) is 46.2 Å². The maximum atomic E-state index is 12.3. The van der Waals surface area contributed by atoms with Crippen molar-refractivity contribution >= 4 is 12.4 Å². The molecule has 0 aliphatic carbocycles. The average molecular weight is 324 g/mol. The number of hydrogen-bond acceptors (Lipinski definition) is 2. The first-order valence-corrected chi connectivity index (χ1v) is 5.19. The van der Waals surface area contributed by atoms with E-state index >= 15 is 0 Å². The summed E-state index contributed by atoms with van der Waals surface area (Å²) in [6.07, 6.45) is -11.6. The van der Waals surface area contributed by atoms with Crippen LogP contribution in [0.1, 0.15) is 23.7 Å². The van der Waals surface area contributed by atoms with Crippen molar-refractivity contribution in [3.05, 3.63) is 35.4 Å². The number of aliphatic hydroxyl groups is 1. The van der Waals surface area contributed by atoms with Crippen molar-refractivity contribution in [3.63, 3.8) is 0 Å². The van der Waals surface area contributed by atoms with Crippen LogP contribution in [-0.4, -0.2) is 17.3 Å². The number of hydrogen-bond donors (Lipinski definition) is 2. The molecular formula is C11H12ClF6NO. The molecule has 1 aromatic rings. The third-order valence-corrected chi connectivity index (χ3v) is 2.52. The summed E-state index contributed by atoms with van der Waals surface area (Å²) in [4.78, 5) is 0. The molecule has 0 spiro atoms. The lowest BCUT2D eigenvalue weighted by Crippen LogP contribution is -2.38. The Morgan fingerprint density at radius 1 is 1.00 bits per heavy atom. The fraction of sp³-hybridized carbons (Fsp3) is 0.455. The SMILES string of the molecule is Cl.N[C@@H](C[C@H](O)c1ccc(C(F)(F)F)cc1)C(F)(F)F. The van der Waals surface area contributed by atoms with Crippen LogP contribution in [0.2, 0.25) is 0 Å². The van der Waals surface area contributed by atoms with Gasteiger partial charge in [-0.3, -0.25) is 0 Å². The molecule has 0 bridgehead atoms. The van der Waals surface area contributed by atoms with E-state index in [9.17, 15) is 31.4 Å². The molecule has 0 radical (unpaired) electrons. The van der Waals surface area contributed by atoms with E-state index in [1.165, 1.54) is 0 Å². The van der Waals surface area contributed by atoms with Crippen LogP contribution >= 0.6 is 12.4 Å². The molecule has 116 valence electrons. The molecule has 2 nitrogen and oxygen atoms in total. The van der Waals surface area contributed by atoms with Crippen LogP contribution in [0.3, 0.4) is 0 Å². The van der Waals surface area contributed by atoms with Gasteiger partial charge in [0.05, 0.1) is 11.7 Å². The van der Waals surface area contributed by atoms with E-state index in [1.807, 2.05) is 0 Å². The zero-order valence-electron chi connectivity index (χ0n) is 9.87. The highest BCUT2D eigenvalue weighted by atomic mass is 35.5. The van der Waals surface area contributed by atoms with Crippen LogP contribution in [0.25, 0.3) is 0 Å². The molecule has 3 N–H and O–H groups in total. The van der Waals surface area contributed by atoms with Gasteiger partial charge in [-0.1, -0.05) is 12.1 Å². The van der Waals surface area contributed by atoms with Gasteiger partial charge in [-0.05, 0) is 17.7 Å². The highest BCUT2D eigenvalue weighted by molar-refractivity contribution is 5.85.